The van der Waals surface area contributed by atoms with Crippen molar-refractivity contribution < 1.29 is 14.3 Å². The lowest BCUT2D eigenvalue weighted by atomic mass is 10.2. The third kappa shape index (κ3) is 5.18. The minimum atomic E-state index is -0.109. The van der Waals surface area contributed by atoms with Crippen molar-refractivity contribution in [2.45, 2.75) is 12.1 Å². The number of methoxy groups -OCH3 is 1. The Labute approximate surface area is 185 Å². The summed E-state index contributed by atoms with van der Waals surface area (Å²) in [4.78, 5) is 14.7. The van der Waals surface area contributed by atoms with Gasteiger partial charge in [0.05, 0.1) is 31.8 Å². The Kier molecular flexibility index (Phi) is 6.73. The number of carbonyl (C=O) groups is 1. The molecule has 0 unspecified atom stereocenters. The second-order valence-corrected chi connectivity index (χ2v) is 8.06. The lowest BCUT2D eigenvalue weighted by Gasteiger charge is -2.28. The molecule has 2 aromatic carbocycles. The number of ether oxygens (including phenoxy) is 2. The van der Waals surface area contributed by atoms with Crippen LogP contribution < -0.4 is 15.0 Å². The first-order valence-electron chi connectivity index (χ1n) is 10.1. The number of hydrogen-bond acceptors (Lipinski definition) is 7. The largest absolute Gasteiger partial charge is 0.497 e. The van der Waals surface area contributed by atoms with Gasteiger partial charge in [0.1, 0.15) is 5.75 Å². The second kappa shape index (κ2) is 9.84. The summed E-state index contributed by atoms with van der Waals surface area (Å²) in [6, 6.07) is 15.4. The monoisotopic (exact) mass is 439 g/mol. The van der Waals surface area contributed by atoms with E-state index in [2.05, 4.69) is 39.5 Å². The van der Waals surface area contributed by atoms with E-state index in [0.717, 1.165) is 41.7 Å². The first-order valence-corrected chi connectivity index (χ1v) is 11.0. The molecule has 31 heavy (non-hydrogen) atoms. The van der Waals surface area contributed by atoms with E-state index in [-0.39, 0.29) is 11.7 Å². The highest BCUT2D eigenvalue weighted by Gasteiger charge is 2.22. The number of rotatable bonds is 7. The summed E-state index contributed by atoms with van der Waals surface area (Å²) in [7, 11) is 1.61. The highest BCUT2D eigenvalue weighted by Crippen LogP contribution is 2.28. The number of anilines is 2. The Morgan fingerprint density at radius 2 is 1.94 bits per heavy atom. The summed E-state index contributed by atoms with van der Waals surface area (Å²) in [6.07, 6.45) is 0. The van der Waals surface area contributed by atoms with Crippen LogP contribution in [0.3, 0.4) is 0 Å². The number of carbonyl (C=O) groups excluding carboxylic acids is 1. The standard InChI is InChI=1S/C22H25N5O3S/c1-16-4-3-5-18(14-16)27-21(26-10-12-30-13-11-26)24-25-22(27)31-15-20(28)23-17-6-8-19(29-2)9-7-17/h3-9,14H,10-13,15H2,1-2H3,(H,23,28). The van der Waals surface area contributed by atoms with Crippen LogP contribution in [0.25, 0.3) is 5.69 Å². The fraction of sp³-hybridized carbons (Fsp3) is 0.318. The Bertz CT molecular complexity index is 1030. The first kappa shape index (κ1) is 21.2. The highest BCUT2D eigenvalue weighted by molar-refractivity contribution is 7.99. The Morgan fingerprint density at radius 3 is 2.65 bits per heavy atom. The van der Waals surface area contributed by atoms with Gasteiger partial charge < -0.3 is 19.7 Å². The van der Waals surface area contributed by atoms with Gasteiger partial charge in [0, 0.05) is 18.8 Å². The molecule has 1 fully saturated rings. The molecule has 1 aliphatic heterocycles. The van der Waals surface area contributed by atoms with Gasteiger partial charge in [0.25, 0.3) is 0 Å². The summed E-state index contributed by atoms with van der Waals surface area (Å²) >= 11 is 1.36. The van der Waals surface area contributed by atoms with Gasteiger partial charge in [-0.25, -0.2) is 0 Å². The molecule has 8 nitrogen and oxygen atoms in total. The minimum absolute atomic E-state index is 0.109. The predicted molar refractivity (Wildman–Crippen MR) is 121 cm³/mol. The van der Waals surface area contributed by atoms with Crippen molar-refractivity contribution in [1.29, 1.82) is 0 Å². The maximum absolute atomic E-state index is 12.5. The number of aromatic nitrogens is 3. The Balaban J connectivity index is 1.51. The van der Waals surface area contributed by atoms with Gasteiger partial charge in [0.2, 0.25) is 11.9 Å². The van der Waals surface area contributed by atoms with Gasteiger partial charge >= 0.3 is 0 Å². The molecular formula is C22H25N5O3S. The number of amides is 1. The average molecular weight is 440 g/mol. The van der Waals surface area contributed by atoms with Gasteiger partial charge in [0.15, 0.2) is 5.16 Å². The molecule has 0 saturated carbocycles. The van der Waals surface area contributed by atoms with E-state index in [4.69, 9.17) is 9.47 Å². The molecule has 0 radical (unpaired) electrons. The number of benzene rings is 2. The van der Waals surface area contributed by atoms with Crippen molar-refractivity contribution in [2.24, 2.45) is 0 Å². The number of aryl methyl sites for hydroxylation is 1. The molecule has 1 aromatic heterocycles. The van der Waals surface area contributed by atoms with Crippen LogP contribution in [-0.4, -0.2) is 59.8 Å². The second-order valence-electron chi connectivity index (χ2n) is 7.12. The molecule has 162 valence electrons. The van der Waals surface area contributed by atoms with Crippen LogP contribution >= 0.6 is 11.8 Å². The molecule has 2 heterocycles. The van der Waals surface area contributed by atoms with Gasteiger partial charge in [-0.3, -0.25) is 9.36 Å². The highest BCUT2D eigenvalue weighted by atomic mass is 32.2. The van der Waals surface area contributed by atoms with Crippen LogP contribution in [0.4, 0.5) is 11.6 Å². The molecule has 1 N–H and O–H groups in total. The Hall–Kier alpha value is -3.04. The minimum Gasteiger partial charge on any atom is -0.497 e. The van der Waals surface area contributed by atoms with E-state index >= 15 is 0 Å². The zero-order valence-electron chi connectivity index (χ0n) is 17.6. The molecule has 0 bridgehead atoms. The molecule has 9 heteroatoms. The Morgan fingerprint density at radius 1 is 1.16 bits per heavy atom. The van der Waals surface area contributed by atoms with Crippen molar-refractivity contribution in [3.63, 3.8) is 0 Å². The van der Waals surface area contributed by atoms with Crippen molar-refractivity contribution in [2.75, 3.05) is 49.4 Å². The van der Waals surface area contributed by atoms with Crippen LogP contribution in [0, 0.1) is 6.92 Å². The van der Waals surface area contributed by atoms with Crippen LogP contribution in [0.2, 0.25) is 0 Å². The third-order valence-corrected chi connectivity index (χ3v) is 5.81. The summed E-state index contributed by atoms with van der Waals surface area (Å²) in [6.45, 7) is 4.89. The maximum atomic E-state index is 12.5. The fourth-order valence-corrected chi connectivity index (χ4v) is 4.07. The third-order valence-electron chi connectivity index (χ3n) is 4.88. The molecular weight excluding hydrogens is 414 g/mol. The number of hydrogen-bond donors (Lipinski definition) is 1. The van der Waals surface area contributed by atoms with E-state index in [1.54, 1.807) is 7.11 Å². The zero-order chi connectivity index (χ0) is 21.6. The predicted octanol–water partition coefficient (Wildman–Crippen LogP) is 3.15. The van der Waals surface area contributed by atoms with Crippen molar-refractivity contribution in [3.05, 3.63) is 54.1 Å². The van der Waals surface area contributed by atoms with Crippen molar-refractivity contribution >= 4 is 29.3 Å². The topological polar surface area (TPSA) is 81.5 Å². The van der Waals surface area contributed by atoms with Crippen LogP contribution in [0.5, 0.6) is 5.75 Å². The summed E-state index contributed by atoms with van der Waals surface area (Å²) < 4.78 is 12.6. The van der Waals surface area contributed by atoms with E-state index in [1.807, 2.05) is 41.0 Å². The van der Waals surface area contributed by atoms with Gasteiger partial charge in [-0.05, 0) is 48.9 Å². The summed E-state index contributed by atoms with van der Waals surface area (Å²) in [5.41, 5.74) is 2.84. The SMILES string of the molecule is COc1ccc(NC(=O)CSc2nnc(N3CCOCC3)n2-c2cccc(C)c2)cc1. The van der Waals surface area contributed by atoms with Crippen molar-refractivity contribution in [1.82, 2.24) is 14.8 Å². The van der Waals surface area contributed by atoms with E-state index in [1.165, 1.54) is 11.8 Å². The summed E-state index contributed by atoms with van der Waals surface area (Å²) in [5.74, 6) is 1.63. The molecule has 0 spiro atoms. The number of thioether (sulfide) groups is 1. The van der Waals surface area contributed by atoms with Crippen LogP contribution in [-0.2, 0) is 9.53 Å². The molecule has 3 aromatic rings. The smallest absolute Gasteiger partial charge is 0.234 e. The van der Waals surface area contributed by atoms with Gasteiger partial charge in [-0.1, -0.05) is 23.9 Å². The quantitative estimate of drug-likeness (QED) is 0.567. The fourth-order valence-electron chi connectivity index (χ4n) is 3.32. The lowest BCUT2D eigenvalue weighted by Crippen LogP contribution is -2.37. The van der Waals surface area contributed by atoms with Gasteiger partial charge in [-0.2, -0.15) is 0 Å². The number of nitrogens with one attached hydrogen (secondary N) is 1. The maximum Gasteiger partial charge on any atom is 0.234 e. The van der Waals surface area contributed by atoms with E-state index in [0.29, 0.717) is 18.4 Å². The van der Waals surface area contributed by atoms with Gasteiger partial charge in [-0.15, -0.1) is 10.2 Å². The van der Waals surface area contributed by atoms with E-state index < -0.39 is 0 Å². The normalized spacial score (nSPS) is 13.8. The first-order chi connectivity index (χ1) is 15.1. The zero-order valence-corrected chi connectivity index (χ0v) is 18.4. The number of morpholine rings is 1. The number of nitrogens with zero attached hydrogens (tertiary/aromatic N) is 4. The molecule has 1 amide bonds. The molecule has 0 atom stereocenters. The molecule has 1 aliphatic rings. The van der Waals surface area contributed by atoms with E-state index in [9.17, 15) is 4.79 Å². The average Bonchev–Trinajstić information content (AvgIpc) is 3.23. The van der Waals surface area contributed by atoms with Crippen molar-refractivity contribution in [3.8, 4) is 11.4 Å². The van der Waals surface area contributed by atoms with Crippen LogP contribution in [0.1, 0.15) is 5.56 Å². The molecule has 0 aliphatic carbocycles. The lowest BCUT2D eigenvalue weighted by molar-refractivity contribution is -0.113. The molecule has 1 saturated heterocycles. The molecule has 4 rings (SSSR count). The van der Waals surface area contributed by atoms with Crippen LogP contribution in [0.15, 0.2) is 53.7 Å². The summed E-state index contributed by atoms with van der Waals surface area (Å²) in [5, 5.41) is 12.4.